The number of halogens is 1. The molecule has 33 heavy (non-hydrogen) atoms. The molecule has 0 aromatic heterocycles. The van der Waals surface area contributed by atoms with Gasteiger partial charge in [0, 0.05) is 10.2 Å². The second kappa shape index (κ2) is 10.6. The molecule has 0 aliphatic rings. The molecule has 0 radical (unpaired) electrons. The normalized spacial score (nSPS) is 11.0. The predicted octanol–water partition coefficient (Wildman–Crippen LogP) is 4.77. The maximum Gasteiger partial charge on any atom is 0.338 e. The summed E-state index contributed by atoms with van der Waals surface area (Å²) < 4.78 is 33.5. The molecule has 1 amide bonds. The lowest BCUT2D eigenvalue weighted by molar-refractivity contribution is -0.114. The second-order valence-electron chi connectivity index (χ2n) is 7.15. The number of nitrogens with one attached hydrogen (secondary N) is 1. The van der Waals surface area contributed by atoms with Crippen molar-refractivity contribution in [1.29, 1.82) is 0 Å². The van der Waals surface area contributed by atoms with Crippen molar-refractivity contribution in [3.8, 4) is 0 Å². The van der Waals surface area contributed by atoms with Gasteiger partial charge < -0.3 is 10.1 Å². The van der Waals surface area contributed by atoms with Crippen molar-refractivity contribution in [3.05, 3.63) is 88.4 Å². The monoisotopic (exact) mass is 530 g/mol. The third-order valence-corrected chi connectivity index (χ3v) is 7.01. The molecular weight excluding hydrogens is 508 g/mol. The second-order valence-corrected chi connectivity index (χ2v) is 9.93. The molecule has 0 saturated carbocycles. The highest BCUT2D eigenvalue weighted by molar-refractivity contribution is 9.10. The Balaban J connectivity index is 1.84. The van der Waals surface area contributed by atoms with Crippen molar-refractivity contribution in [2.24, 2.45) is 0 Å². The van der Waals surface area contributed by atoms with Gasteiger partial charge in [-0.25, -0.2) is 13.2 Å². The number of sulfonamides is 1. The van der Waals surface area contributed by atoms with Crippen LogP contribution in [0.5, 0.6) is 0 Å². The van der Waals surface area contributed by atoms with E-state index in [2.05, 4.69) is 21.2 Å². The zero-order chi connectivity index (χ0) is 24.0. The molecular formula is C24H23BrN2O5S. The van der Waals surface area contributed by atoms with Gasteiger partial charge in [0.1, 0.15) is 6.54 Å². The van der Waals surface area contributed by atoms with Gasteiger partial charge in [0.2, 0.25) is 5.91 Å². The first kappa shape index (κ1) is 24.5. The third kappa shape index (κ3) is 6.21. The number of esters is 1. The van der Waals surface area contributed by atoms with Crippen molar-refractivity contribution in [2.45, 2.75) is 18.7 Å². The lowest BCUT2D eigenvalue weighted by atomic mass is 10.2. The SMILES string of the molecule is CCOC(=O)c1ccc(NC(=O)CN(c2ccc(Br)cc2)S(=O)(=O)c2ccc(C)cc2)cc1. The van der Waals surface area contributed by atoms with E-state index < -0.39 is 28.4 Å². The first-order valence-corrected chi connectivity index (χ1v) is 12.4. The van der Waals surface area contributed by atoms with E-state index in [1.54, 1.807) is 55.5 Å². The number of amides is 1. The number of benzene rings is 3. The number of anilines is 2. The van der Waals surface area contributed by atoms with E-state index in [9.17, 15) is 18.0 Å². The van der Waals surface area contributed by atoms with Crippen molar-refractivity contribution in [1.82, 2.24) is 0 Å². The Bertz CT molecular complexity index is 1230. The fourth-order valence-corrected chi connectivity index (χ4v) is 4.68. The molecule has 0 bridgehead atoms. The summed E-state index contributed by atoms with van der Waals surface area (Å²) >= 11 is 3.34. The highest BCUT2D eigenvalue weighted by Crippen LogP contribution is 2.26. The number of carbonyl (C=O) groups excluding carboxylic acids is 2. The summed E-state index contributed by atoms with van der Waals surface area (Å²) in [6.45, 7) is 3.41. The Morgan fingerprint density at radius 2 is 1.55 bits per heavy atom. The molecule has 7 nitrogen and oxygen atoms in total. The molecule has 0 aliphatic carbocycles. The first-order chi connectivity index (χ1) is 15.7. The molecule has 0 atom stereocenters. The zero-order valence-electron chi connectivity index (χ0n) is 18.1. The Kier molecular flexibility index (Phi) is 7.88. The summed E-state index contributed by atoms with van der Waals surface area (Å²) in [4.78, 5) is 24.7. The number of ether oxygens (including phenoxy) is 1. The van der Waals surface area contributed by atoms with Crippen molar-refractivity contribution in [2.75, 3.05) is 22.8 Å². The average Bonchev–Trinajstić information content (AvgIpc) is 2.79. The number of carbonyl (C=O) groups is 2. The fourth-order valence-electron chi connectivity index (χ4n) is 2.99. The molecule has 0 spiro atoms. The van der Waals surface area contributed by atoms with E-state index in [0.717, 1.165) is 14.3 Å². The van der Waals surface area contributed by atoms with E-state index in [1.165, 1.54) is 24.3 Å². The van der Waals surface area contributed by atoms with Crippen LogP contribution in [0.15, 0.2) is 82.2 Å². The number of hydrogen-bond donors (Lipinski definition) is 1. The molecule has 0 heterocycles. The molecule has 0 fully saturated rings. The van der Waals surface area contributed by atoms with Crippen LogP contribution in [-0.2, 0) is 19.6 Å². The van der Waals surface area contributed by atoms with E-state index in [0.29, 0.717) is 16.9 Å². The summed E-state index contributed by atoms with van der Waals surface area (Å²) in [5, 5.41) is 2.68. The minimum absolute atomic E-state index is 0.0857. The minimum Gasteiger partial charge on any atom is -0.462 e. The lowest BCUT2D eigenvalue weighted by Crippen LogP contribution is -2.38. The van der Waals surface area contributed by atoms with E-state index in [1.807, 2.05) is 6.92 Å². The van der Waals surface area contributed by atoms with Crippen LogP contribution in [0.25, 0.3) is 0 Å². The van der Waals surface area contributed by atoms with Crippen LogP contribution < -0.4 is 9.62 Å². The summed E-state index contributed by atoms with van der Waals surface area (Å²) in [6.07, 6.45) is 0. The van der Waals surface area contributed by atoms with Crippen LogP contribution in [0.1, 0.15) is 22.8 Å². The fraction of sp³-hybridized carbons (Fsp3) is 0.167. The Hall–Kier alpha value is -3.17. The number of aryl methyl sites for hydroxylation is 1. The van der Waals surface area contributed by atoms with Gasteiger partial charge in [0.15, 0.2) is 0 Å². The van der Waals surface area contributed by atoms with Crippen LogP contribution in [-0.4, -0.2) is 33.4 Å². The molecule has 3 aromatic carbocycles. The van der Waals surface area contributed by atoms with E-state index in [4.69, 9.17) is 4.74 Å². The Morgan fingerprint density at radius 3 is 2.12 bits per heavy atom. The van der Waals surface area contributed by atoms with Gasteiger partial charge in [-0.3, -0.25) is 9.10 Å². The summed E-state index contributed by atoms with van der Waals surface area (Å²) in [6, 6.07) is 19.3. The van der Waals surface area contributed by atoms with Gasteiger partial charge in [-0.1, -0.05) is 33.6 Å². The van der Waals surface area contributed by atoms with Crippen molar-refractivity contribution in [3.63, 3.8) is 0 Å². The van der Waals surface area contributed by atoms with Crippen molar-refractivity contribution < 1.29 is 22.7 Å². The quantitative estimate of drug-likeness (QED) is 0.423. The summed E-state index contributed by atoms with van der Waals surface area (Å²) in [5.41, 5.74) is 2.06. The van der Waals surface area contributed by atoms with Gasteiger partial charge >= 0.3 is 5.97 Å². The van der Waals surface area contributed by atoms with Gasteiger partial charge in [-0.2, -0.15) is 0 Å². The summed E-state index contributed by atoms with van der Waals surface area (Å²) in [7, 11) is -4.00. The van der Waals surface area contributed by atoms with Crippen LogP contribution in [0.3, 0.4) is 0 Å². The lowest BCUT2D eigenvalue weighted by Gasteiger charge is -2.24. The number of nitrogens with zero attached hydrogens (tertiary/aromatic N) is 1. The van der Waals surface area contributed by atoms with Crippen molar-refractivity contribution >= 4 is 49.2 Å². The maximum atomic E-state index is 13.4. The topological polar surface area (TPSA) is 92.8 Å². The largest absolute Gasteiger partial charge is 0.462 e. The summed E-state index contributed by atoms with van der Waals surface area (Å²) in [5.74, 6) is -0.988. The average molecular weight is 531 g/mol. The minimum atomic E-state index is -4.00. The smallest absolute Gasteiger partial charge is 0.338 e. The number of rotatable bonds is 8. The predicted molar refractivity (Wildman–Crippen MR) is 131 cm³/mol. The first-order valence-electron chi connectivity index (χ1n) is 10.1. The molecule has 3 rings (SSSR count). The molecule has 0 unspecified atom stereocenters. The van der Waals surface area contributed by atoms with Gasteiger partial charge in [-0.05, 0) is 74.5 Å². The van der Waals surface area contributed by atoms with Gasteiger partial charge in [0.05, 0.1) is 22.8 Å². The third-order valence-electron chi connectivity index (χ3n) is 4.69. The van der Waals surface area contributed by atoms with E-state index >= 15 is 0 Å². The highest BCUT2D eigenvalue weighted by atomic mass is 79.9. The van der Waals surface area contributed by atoms with Gasteiger partial charge in [0.25, 0.3) is 10.0 Å². The molecule has 0 saturated heterocycles. The molecule has 3 aromatic rings. The van der Waals surface area contributed by atoms with E-state index in [-0.39, 0.29) is 11.5 Å². The standard InChI is InChI=1S/C24H23BrN2O5S/c1-3-32-24(29)18-6-10-20(11-7-18)26-23(28)16-27(21-12-8-19(25)9-13-21)33(30,31)22-14-4-17(2)5-15-22/h4-15H,3,16H2,1-2H3,(H,26,28). The maximum absolute atomic E-state index is 13.4. The van der Waals surface area contributed by atoms with Crippen LogP contribution in [0.2, 0.25) is 0 Å². The van der Waals surface area contributed by atoms with Crippen LogP contribution >= 0.6 is 15.9 Å². The highest BCUT2D eigenvalue weighted by Gasteiger charge is 2.27. The Labute approximate surface area is 201 Å². The molecule has 0 aliphatic heterocycles. The molecule has 9 heteroatoms. The molecule has 1 N–H and O–H groups in total. The van der Waals surface area contributed by atoms with Crippen LogP contribution in [0, 0.1) is 6.92 Å². The number of hydrogen-bond acceptors (Lipinski definition) is 5. The van der Waals surface area contributed by atoms with Crippen LogP contribution in [0.4, 0.5) is 11.4 Å². The molecule has 172 valence electrons. The van der Waals surface area contributed by atoms with Gasteiger partial charge in [-0.15, -0.1) is 0 Å². The zero-order valence-corrected chi connectivity index (χ0v) is 20.5. The Morgan fingerprint density at radius 1 is 0.939 bits per heavy atom.